The van der Waals surface area contributed by atoms with Crippen LogP contribution in [0.1, 0.15) is 46.1 Å². The molecule has 1 aliphatic rings. The number of fused-ring (bicyclic) bond motifs is 1. The molecule has 1 aliphatic heterocycles. The van der Waals surface area contributed by atoms with Gasteiger partial charge in [-0.05, 0) is 62.2 Å². The van der Waals surface area contributed by atoms with Crippen LogP contribution in [0.3, 0.4) is 0 Å². The highest BCUT2D eigenvalue weighted by atomic mass is 19.4. The lowest BCUT2D eigenvalue weighted by atomic mass is 10.0. The number of imidazole rings is 1. The third kappa shape index (κ3) is 7.71. The van der Waals surface area contributed by atoms with E-state index in [-0.39, 0.29) is 36.0 Å². The standard InChI is InChI=1S/C31H33F3N8O2/c1-21(9-14-43)37-28-7-8-29-36-19-26(42(29)39-28)6-3-22-15-24(18-35-17-22)30(44)38-25-5-4-23(27(16-25)31(32,33)34)20-41-12-10-40(2)11-13-41/h4-5,7-8,15-19,21,43H,9-14,20H2,1-2H3,(H,37,39)(H,38,44)/t21-/m1/s1. The molecule has 1 atom stereocenters. The Labute approximate surface area is 252 Å². The van der Waals surface area contributed by atoms with Crippen LogP contribution in [-0.2, 0) is 12.7 Å². The molecule has 230 valence electrons. The number of hydrogen-bond acceptors (Lipinski definition) is 8. The molecule has 0 spiro atoms. The van der Waals surface area contributed by atoms with Crippen molar-refractivity contribution in [1.29, 1.82) is 0 Å². The summed E-state index contributed by atoms with van der Waals surface area (Å²) in [6, 6.07) is 9.01. The molecule has 1 amide bonds. The Morgan fingerprint density at radius 3 is 2.61 bits per heavy atom. The van der Waals surface area contributed by atoms with E-state index in [1.54, 1.807) is 22.8 Å². The number of benzene rings is 1. The average molecular weight is 607 g/mol. The summed E-state index contributed by atoms with van der Waals surface area (Å²) in [6.45, 7) is 5.16. The van der Waals surface area contributed by atoms with Gasteiger partial charge in [0.25, 0.3) is 5.91 Å². The van der Waals surface area contributed by atoms with E-state index in [0.29, 0.717) is 42.2 Å². The van der Waals surface area contributed by atoms with E-state index >= 15 is 0 Å². The molecule has 4 aromatic rings. The number of halogens is 3. The predicted molar refractivity (Wildman–Crippen MR) is 160 cm³/mol. The molecule has 1 fully saturated rings. The zero-order chi connectivity index (χ0) is 31.3. The van der Waals surface area contributed by atoms with Crippen LogP contribution in [0.5, 0.6) is 0 Å². The molecule has 0 bridgehead atoms. The van der Waals surface area contributed by atoms with Gasteiger partial charge >= 0.3 is 6.18 Å². The summed E-state index contributed by atoms with van der Waals surface area (Å²) in [7, 11) is 1.99. The molecule has 13 heteroatoms. The molecule has 0 radical (unpaired) electrons. The fourth-order valence-corrected chi connectivity index (χ4v) is 4.83. The van der Waals surface area contributed by atoms with Crippen LogP contribution in [0, 0.1) is 11.8 Å². The van der Waals surface area contributed by atoms with Crippen molar-refractivity contribution in [2.24, 2.45) is 0 Å². The van der Waals surface area contributed by atoms with E-state index in [0.717, 1.165) is 19.2 Å². The first-order valence-electron chi connectivity index (χ1n) is 14.2. The van der Waals surface area contributed by atoms with Crippen LogP contribution in [0.4, 0.5) is 24.7 Å². The van der Waals surface area contributed by atoms with Crippen LogP contribution in [0.15, 0.2) is 55.0 Å². The van der Waals surface area contributed by atoms with Gasteiger partial charge in [0.1, 0.15) is 11.5 Å². The smallest absolute Gasteiger partial charge is 0.396 e. The van der Waals surface area contributed by atoms with Crippen molar-refractivity contribution in [3.05, 3.63) is 82.9 Å². The zero-order valence-electron chi connectivity index (χ0n) is 24.4. The van der Waals surface area contributed by atoms with E-state index in [4.69, 9.17) is 5.11 Å². The van der Waals surface area contributed by atoms with Gasteiger partial charge in [-0.3, -0.25) is 14.7 Å². The van der Waals surface area contributed by atoms with Gasteiger partial charge in [-0.25, -0.2) is 9.50 Å². The number of aliphatic hydroxyl groups is 1. The molecule has 0 aliphatic carbocycles. The number of pyridine rings is 1. The number of piperazine rings is 1. The fourth-order valence-electron chi connectivity index (χ4n) is 4.83. The van der Waals surface area contributed by atoms with Crippen LogP contribution < -0.4 is 10.6 Å². The van der Waals surface area contributed by atoms with Gasteiger partial charge in [0.05, 0.1) is 17.3 Å². The van der Waals surface area contributed by atoms with Crippen LogP contribution in [-0.4, -0.2) is 86.3 Å². The number of amides is 1. The average Bonchev–Trinajstić information content (AvgIpc) is 3.40. The molecular weight excluding hydrogens is 573 g/mol. The second kappa shape index (κ2) is 13.4. The normalized spacial score (nSPS) is 15.0. The zero-order valence-corrected chi connectivity index (χ0v) is 24.4. The lowest BCUT2D eigenvalue weighted by Gasteiger charge is -2.33. The number of aromatic nitrogens is 4. The van der Waals surface area contributed by atoms with Crippen molar-refractivity contribution in [2.75, 3.05) is 50.5 Å². The second-order valence-electron chi connectivity index (χ2n) is 10.8. The number of aliphatic hydroxyl groups excluding tert-OH is 1. The first-order valence-corrected chi connectivity index (χ1v) is 14.2. The Kier molecular flexibility index (Phi) is 9.43. The Balaban J connectivity index is 1.30. The lowest BCUT2D eigenvalue weighted by Crippen LogP contribution is -2.44. The van der Waals surface area contributed by atoms with Gasteiger partial charge in [-0.1, -0.05) is 12.0 Å². The van der Waals surface area contributed by atoms with E-state index in [9.17, 15) is 18.0 Å². The quantitative estimate of drug-likeness (QED) is 0.261. The first kappa shape index (κ1) is 30.9. The van der Waals surface area contributed by atoms with E-state index in [1.807, 2.05) is 18.9 Å². The van der Waals surface area contributed by atoms with E-state index in [2.05, 4.69) is 42.4 Å². The fraction of sp³-hybridized carbons (Fsp3) is 0.355. The first-order chi connectivity index (χ1) is 21.1. The van der Waals surface area contributed by atoms with Crippen LogP contribution in [0.25, 0.3) is 5.65 Å². The molecular formula is C31H33F3N8O2. The maximum Gasteiger partial charge on any atom is 0.416 e. The largest absolute Gasteiger partial charge is 0.416 e. The van der Waals surface area contributed by atoms with Gasteiger partial charge in [-0.2, -0.15) is 13.2 Å². The number of carbonyl (C=O) groups is 1. The molecule has 1 aromatic carbocycles. The summed E-state index contributed by atoms with van der Waals surface area (Å²) in [5.41, 5.74) is 1.11. The number of likely N-dealkylation sites (N-methyl/N-ethyl adjacent to an activating group) is 1. The highest BCUT2D eigenvalue weighted by Crippen LogP contribution is 2.34. The lowest BCUT2D eigenvalue weighted by molar-refractivity contribution is -0.138. The number of nitrogens with zero attached hydrogens (tertiary/aromatic N) is 6. The molecule has 5 rings (SSSR count). The van der Waals surface area contributed by atoms with Crippen molar-refractivity contribution in [3.63, 3.8) is 0 Å². The second-order valence-corrected chi connectivity index (χ2v) is 10.8. The number of nitrogens with one attached hydrogen (secondary N) is 2. The van der Waals surface area contributed by atoms with Crippen molar-refractivity contribution < 1.29 is 23.1 Å². The Bertz CT molecular complexity index is 1690. The third-order valence-corrected chi connectivity index (χ3v) is 7.32. The third-order valence-electron chi connectivity index (χ3n) is 7.32. The van der Waals surface area contributed by atoms with Crippen LogP contribution >= 0.6 is 0 Å². The Morgan fingerprint density at radius 2 is 1.86 bits per heavy atom. The highest BCUT2D eigenvalue weighted by Gasteiger charge is 2.34. The van der Waals surface area contributed by atoms with Crippen molar-refractivity contribution in [1.82, 2.24) is 29.4 Å². The van der Waals surface area contributed by atoms with Crippen molar-refractivity contribution in [2.45, 2.75) is 32.1 Å². The minimum absolute atomic E-state index is 0.0167. The topological polar surface area (TPSA) is 111 Å². The minimum Gasteiger partial charge on any atom is -0.396 e. The highest BCUT2D eigenvalue weighted by molar-refractivity contribution is 6.04. The Morgan fingerprint density at radius 1 is 1.07 bits per heavy atom. The molecule has 0 unspecified atom stereocenters. The summed E-state index contributed by atoms with van der Waals surface area (Å²) >= 11 is 0. The molecule has 1 saturated heterocycles. The minimum atomic E-state index is -4.57. The van der Waals surface area contributed by atoms with Crippen molar-refractivity contribution >= 4 is 23.1 Å². The van der Waals surface area contributed by atoms with Gasteiger partial charge in [0, 0.05) is 69.0 Å². The number of carbonyl (C=O) groups excluding carboxylic acids is 1. The van der Waals surface area contributed by atoms with Crippen LogP contribution in [0.2, 0.25) is 0 Å². The van der Waals surface area contributed by atoms with Crippen molar-refractivity contribution in [3.8, 4) is 11.8 Å². The van der Waals surface area contributed by atoms with E-state index < -0.39 is 17.6 Å². The number of rotatable bonds is 8. The van der Waals surface area contributed by atoms with Gasteiger partial charge in [0.15, 0.2) is 5.65 Å². The van der Waals surface area contributed by atoms with Gasteiger partial charge in [-0.15, -0.1) is 5.10 Å². The SMILES string of the molecule is C[C@H](CCO)Nc1ccc2ncc(C#Cc3cncc(C(=O)Nc4ccc(CN5CCN(C)CC5)c(C(F)(F)F)c4)c3)n2n1. The summed E-state index contributed by atoms with van der Waals surface area (Å²) in [5.74, 6) is 5.93. The monoisotopic (exact) mass is 606 g/mol. The summed E-state index contributed by atoms with van der Waals surface area (Å²) in [5, 5.41) is 19.4. The van der Waals surface area contributed by atoms with Gasteiger partial charge in [0.2, 0.25) is 0 Å². The van der Waals surface area contributed by atoms with E-state index in [1.165, 1.54) is 30.6 Å². The number of hydrogen-bond donors (Lipinski definition) is 3. The molecule has 4 heterocycles. The maximum atomic E-state index is 14.0. The predicted octanol–water partition coefficient (Wildman–Crippen LogP) is 3.73. The van der Waals surface area contributed by atoms with Gasteiger partial charge < -0.3 is 20.6 Å². The Hall–Kier alpha value is -4.51. The number of alkyl halides is 3. The molecule has 44 heavy (non-hydrogen) atoms. The molecule has 0 saturated carbocycles. The maximum absolute atomic E-state index is 14.0. The molecule has 3 N–H and O–H groups in total. The molecule has 3 aromatic heterocycles. The number of anilines is 2. The summed E-state index contributed by atoms with van der Waals surface area (Å²) in [6.07, 6.45) is 0.388. The summed E-state index contributed by atoms with van der Waals surface area (Å²) < 4.78 is 43.5. The summed E-state index contributed by atoms with van der Waals surface area (Å²) in [4.78, 5) is 25.5. The molecule has 10 nitrogen and oxygen atoms in total.